The molecular formula is C58H105O11P. The standard InChI is InChI=1S/C58H105O11P/c1-4-7-10-13-16-19-22-25-26-27-28-31-34-37-40-43-46-49-58(62)69-55(51-65-56(60)47-44-41-38-35-32-29-23-20-17-14-11-8-5-2)53-67-70(63,64)66-52-54(50-59)68-57(61)48-45-42-39-36-33-30-24-21-18-15-12-9-6-3/h11,14,16,19-20,23,25-26,54-55,59H,4-10,12-13,15,17-18,21-22,24,27-53H2,1-3H3,(H,63,64)/b14-11-,19-16-,23-20-,26-25-. The maximum absolute atomic E-state index is 12.9. The Hall–Kier alpha value is -2.56. The molecule has 0 aromatic carbocycles. The fraction of sp³-hybridized carbons (Fsp3) is 0.810. The van der Waals surface area contributed by atoms with Crippen LogP contribution in [0.15, 0.2) is 48.6 Å². The Morgan fingerprint density at radius 2 is 0.729 bits per heavy atom. The number of carbonyl (C=O) groups is 3. The Labute approximate surface area is 428 Å². The van der Waals surface area contributed by atoms with Gasteiger partial charge in [-0.05, 0) is 77.0 Å². The summed E-state index contributed by atoms with van der Waals surface area (Å²) in [6, 6.07) is 0. The van der Waals surface area contributed by atoms with Gasteiger partial charge in [0.25, 0.3) is 0 Å². The van der Waals surface area contributed by atoms with E-state index in [2.05, 4.69) is 69.4 Å². The lowest BCUT2D eigenvalue weighted by molar-refractivity contribution is -0.161. The van der Waals surface area contributed by atoms with Crippen LogP contribution in [0, 0.1) is 0 Å². The third kappa shape index (κ3) is 50.4. The van der Waals surface area contributed by atoms with Crippen LogP contribution in [0.25, 0.3) is 0 Å². The summed E-state index contributed by atoms with van der Waals surface area (Å²) in [7, 11) is -4.75. The van der Waals surface area contributed by atoms with Gasteiger partial charge in [-0.25, -0.2) is 4.57 Å². The van der Waals surface area contributed by atoms with Gasteiger partial charge in [-0.15, -0.1) is 0 Å². The molecule has 0 aromatic heterocycles. The first kappa shape index (κ1) is 67.4. The molecule has 70 heavy (non-hydrogen) atoms. The van der Waals surface area contributed by atoms with Gasteiger partial charge in [-0.2, -0.15) is 0 Å². The van der Waals surface area contributed by atoms with Gasteiger partial charge in [0.1, 0.15) is 12.7 Å². The fourth-order valence-electron chi connectivity index (χ4n) is 7.84. The lowest BCUT2D eigenvalue weighted by atomic mass is 10.0. The first-order valence-electron chi connectivity index (χ1n) is 28.5. The van der Waals surface area contributed by atoms with Crippen molar-refractivity contribution >= 4 is 25.7 Å². The molecule has 11 nitrogen and oxygen atoms in total. The van der Waals surface area contributed by atoms with Crippen LogP contribution in [0.4, 0.5) is 0 Å². The Morgan fingerprint density at radius 3 is 1.14 bits per heavy atom. The predicted molar refractivity (Wildman–Crippen MR) is 289 cm³/mol. The van der Waals surface area contributed by atoms with Crippen molar-refractivity contribution in [1.82, 2.24) is 0 Å². The van der Waals surface area contributed by atoms with Crippen molar-refractivity contribution in [1.29, 1.82) is 0 Å². The number of phosphoric ester groups is 1. The zero-order valence-corrected chi connectivity index (χ0v) is 45.9. The lowest BCUT2D eigenvalue weighted by Gasteiger charge is -2.21. The molecular weight excluding hydrogens is 904 g/mol. The first-order chi connectivity index (χ1) is 34.2. The van der Waals surface area contributed by atoms with Gasteiger partial charge in [-0.3, -0.25) is 23.4 Å². The van der Waals surface area contributed by atoms with E-state index in [1.54, 1.807) is 0 Å². The molecule has 0 aliphatic carbocycles. The summed E-state index contributed by atoms with van der Waals surface area (Å²) >= 11 is 0. The number of carbonyl (C=O) groups excluding carboxylic acids is 3. The van der Waals surface area contributed by atoms with Crippen LogP contribution in [-0.2, 0) is 42.2 Å². The van der Waals surface area contributed by atoms with E-state index in [0.29, 0.717) is 19.3 Å². The van der Waals surface area contributed by atoms with Gasteiger partial charge in [-0.1, -0.05) is 217 Å². The van der Waals surface area contributed by atoms with Crippen LogP contribution < -0.4 is 0 Å². The van der Waals surface area contributed by atoms with Gasteiger partial charge < -0.3 is 24.2 Å². The van der Waals surface area contributed by atoms with Crippen molar-refractivity contribution in [3.05, 3.63) is 48.6 Å². The summed E-state index contributed by atoms with van der Waals surface area (Å²) in [4.78, 5) is 48.5. The van der Waals surface area contributed by atoms with Crippen molar-refractivity contribution in [2.75, 3.05) is 26.4 Å². The fourth-order valence-corrected chi connectivity index (χ4v) is 8.62. The molecule has 0 radical (unpaired) electrons. The van der Waals surface area contributed by atoms with E-state index >= 15 is 0 Å². The molecule has 0 saturated carbocycles. The topological polar surface area (TPSA) is 155 Å². The molecule has 408 valence electrons. The molecule has 0 saturated heterocycles. The number of esters is 3. The van der Waals surface area contributed by atoms with Crippen molar-refractivity contribution in [3.63, 3.8) is 0 Å². The van der Waals surface area contributed by atoms with Crippen molar-refractivity contribution in [2.24, 2.45) is 0 Å². The van der Waals surface area contributed by atoms with Crippen LogP contribution in [0.1, 0.15) is 265 Å². The minimum atomic E-state index is -4.75. The second kappa shape index (κ2) is 52.8. The molecule has 0 heterocycles. The highest BCUT2D eigenvalue weighted by atomic mass is 31.2. The molecule has 3 atom stereocenters. The minimum absolute atomic E-state index is 0.157. The Bertz CT molecular complexity index is 1360. The number of rotatable bonds is 53. The van der Waals surface area contributed by atoms with E-state index in [9.17, 15) is 28.9 Å². The third-order valence-corrected chi connectivity index (χ3v) is 13.2. The number of unbranched alkanes of at least 4 members (excludes halogenated alkanes) is 28. The van der Waals surface area contributed by atoms with E-state index in [1.165, 1.54) is 103 Å². The SMILES string of the molecule is CCC/C=C\C/C=C\CCCCCCCC(=O)OCC(COP(=O)(O)OCC(CO)OC(=O)CCCCCCCCCCCCCCC)OC(=O)CCCCCCCCC/C=C\C/C=C\CCCCC. The summed E-state index contributed by atoms with van der Waals surface area (Å²) in [5, 5.41) is 9.80. The Kier molecular flexibility index (Phi) is 50.8. The molecule has 0 rings (SSSR count). The summed E-state index contributed by atoms with van der Waals surface area (Å²) in [5.74, 6) is -1.48. The summed E-state index contributed by atoms with van der Waals surface area (Å²) in [5.41, 5.74) is 0. The average molecular weight is 1010 g/mol. The lowest BCUT2D eigenvalue weighted by Crippen LogP contribution is -2.30. The van der Waals surface area contributed by atoms with Gasteiger partial charge in [0.05, 0.1) is 19.8 Å². The molecule has 0 fully saturated rings. The smallest absolute Gasteiger partial charge is 0.462 e. The molecule has 0 bridgehead atoms. The number of hydrogen-bond acceptors (Lipinski definition) is 10. The number of ether oxygens (including phenoxy) is 3. The molecule has 3 unspecified atom stereocenters. The van der Waals surface area contributed by atoms with Crippen LogP contribution >= 0.6 is 7.82 Å². The van der Waals surface area contributed by atoms with Crippen LogP contribution in [-0.4, -0.2) is 66.5 Å². The monoisotopic (exact) mass is 1010 g/mol. The molecule has 0 amide bonds. The predicted octanol–water partition coefficient (Wildman–Crippen LogP) is 16.6. The summed E-state index contributed by atoms with van der Waals surface area (Å²) < 4.78 is 39.5. The van der Waals surface area contributed by atoms with Crippen LogP contribution in [0.3, 0.4) is 0 Å². The summed E-state index contributed by atoms with van der Waals surface area (Å²) in [6.07, 6.45) is 54.9. The van der Waals surface area contributed by atoms with Gasteiger partial charge in [0, 0.05) is 19.3 Å². The van der Waals surface area contributed by atoms with Crippen molar-refractivity contribution < 1.29 is 52.2 Å². The Morgan fingerprint density at radius 1 is 0.400 bits per heavy atom. The maximum Gasteiger partial charge on any atom is 0.472 e. The number of allylic oxidation sites excluding steroid dienone is 8. The number of aliphatic hydroxyl groups is 1. The highest BCUT2D eigenvalue weighted by molar-refractivity contribution is 7.47. The van der Waals surface area contributed by atoms with E-state index in [-0.39, 0.29) is 25.9 Å². The maximum atomic E-state index is 12.9. The normalized spacial score (nSPS) is 13.7. The molecule has 12 heteroatoms. The molecule has 0 aliphatic heterocycles. The number of hydrogen-bond donors (Lipinski definition) is 2. The number of aliphatic hydroxyl groups excluding tert-OH is 1. The van der Waals surface area contributed by atoms with Gasteiger partial charge in [0.2, 0.25) is 0 Å². The molecule has 2 N–H and O–H groups in total. The van der Waals surface area contributed by atoms with E-state index in [0.717, 1.165) is 103 Å². The van der Waals surface area contributed by atoms with Gasteiger partial charge >= 0.3 is 25.7 Å². The highest BCUT2D eigenvalue weighted by Crippen LogP contribution is 2.43. The second-order valence-electron chi connectivity index (χ2n) is 19.1. The molecule has 0 spiro atoms. The van der Waals surface area contributed by atoms with Crippen LogP contribution in [0.2, 0.25) is 0 Å². The number of phosphoric acid groups is 1. The van der Waals surface area contributed by atoms with E-state index in [4.69, 9.17) is 23.3 Å². The van der Waals surface area contributed by atoms with E-state index in [1.807, 2.05) is 0 Å². The second-order valence-corrected chi connectivity index (χ2v) is 20.6. The van der Waals surface area contributed by atoms with Crippen molar-refractivity contribution in [2.45, 2.75) is 277 Å². The molecule has 0 aliphatic rings. The minimum Gasteiger partial charge on any atom is -0.462 e. The Balaban J connectivity index is 4.73. The average Bonchev–Trinajstić information content (AvgIpc) is 3.35. The largest absolute Gasteiger partial charge is 0.472 e. The van der Waals surface area contributed by atoms with E-state index < -0.39 is 57.8 Å². The molecule has 0 aromatic rings. The zero-order chi connectivity index (χ0) is 51.3. The van der Waals surface area contributed by atoms with Gasteiger partial charge in [0.15, 0.2) is 6.10 Å². The quantitative estimate of drug-likeness (QED) is 0.0197. The van der Waals surface area contributed by atoms with Crippen molar-refractivity contribution in [3.8, 4) is 0 Å². The zero-order valence-electron chi connectivity index (χ0n) is 45.0. The first-order valence-corrected chi connectivity index (χ1v) is 30.0. The third-order valence-electron chi connectivity index (χ3n) is 12.2. The summed E-state index contributed by atoms with van der Waals surface area (Å²) in [6.45, 7) is 4.55. The highest BCUT2D eigenvalue weighted by Gasteiger charge is 2.28. The van der Waals surface area contributed by atoms with Crippen LogP contribution in [0.5, 0.6) is 0 Å².